The van der Waals surface area contributed by atoms with Crippen molar-refractivity contribution in [2.75, 3.05) is 6.61 Å². The molecule has 1 unspecified atom stereocenters. The molecule has 0 aromatic heterocycles. The van der Waals surface area contributed by atoms with Gasteiger partial charge in [-0.2, -0.15) is 0 Å². The second-order valence-corrected chi connectivity index (χ2v) is 3.88. The van der Waals surface area contributed by atoms with E-state index in [2.05, 4.69) is 0 Å². The van der Waals surface area contributed by atoms with Gasteiger partial charge in [-0.25, -0.2) is 0 Å². The summed E-state index contributed by atoms with van der Waals surface area (Å²) in [4.78, 5) is 12.1. The Morgan fingerprint density at radius 2 is 2.00 bits per heavy atom. The summed E-state index contributed by atoms with van der Waals surface area (Å²) >= 11 is 0. The number of Topliss-reactive ketones (excluding diaryl/α,β-unsaturated/α-hetero) is 1. The van der Waals surface area contributed by atoms with Gasteiger partial charge in [0.15, 0.2) is 12.0 Å². The molecular weight excluding hydrogens is 224 g/mol. The molecule has 1 aromatic carbocycles. The highest BCUT2D eigenvalue weighted by Crippen LogP contribution is 2.28. The Labute approximate surface area is 99.7 Å². The Morgan fingerprint density at radius 1 is 1.35 bits per heavy atom. The Morgan fingerprint density at radius 3 is 2.53 bits per heavy atom. The lowest BCUT2D eigenvalue weighted by atomic mass is 9.92. The van der Waals surface area contributed by atoms with Crippen LogP contribution in [0.2, 0.25) is 0 Å². The van der Waals surface area contributed by atoms with Gasteiger partial charge in [0, 0.05) is 5.56 Å². The highest BCUT2D eigenvalue weighted by Gasteiger charge is 2.46. The standard InChI is InChI=1S/C12H14O5/c13-6-8-11(15)9(12(16)17-8)10(14)7-4-2-1-3-5-7/h1-5,8-9,11-13,15-16H,6H2/t8-,9-,11-,12?/m1/s1/i12D. The van der Waals surface area contributed by atoms with Gasteiger partial charge >= 0.3 is 0 Å². The van der Waals surface area contributed by atoms with Gasteiger partial charge in [-0.05, 0) is 0 Å². The molecule has 1 aliphatic heterocycles. The quantitative estimate of drug-likeness (QED) is 0.622. The summed E-state index contributed by atoms with van der Waals surface area (Å²) in [6.07, 6.45) is -5.07. The first-order valence-corrected chi connectivity index (χ1v) is 5.25. The SMILES string of the molecule is [2H]C1(O)O[C@H](CO)[C@@H](O)[C@H]1C(=O)c1ccccc1. The summed E-state index contributed by atoms with van der Waals surface area (Å²) in [7, 11) is 0. The monoisotopic (exact) mass is 239 g/mol. The molecule has 0 radical (unpaired) electrons. The molecule has 0 aliphatic carbocycles. The van der Waals surface area contributed by atoms with Gasteiger partial charge in [0.05, 0.1) is 14.1 Å². The van der Waals surface area contributed by atoms with Gasteiger partial charge in [-0.3, -0.25) is 4.79 Å². The third-order valence-electron chi connectivity index (χ3n) is 2.78. The molecule has 1 aromatic rings. The van der Waals surface area contributed by atoms with Crippen LogP contribution in [-0.4, -0.2) is 46.2 Å². The van der Waals surface area contributed by atoms with E-state index >= 15 is 0 Å². The summed E-state index contributed by atoms with van der Waals surface area (Å²) in [5.41, 5.74) is 0.273. The Hall–Kier alpha value is -1.27. The highest BCUT2D eigenvalue weighted by atomic mass is 16.6. The van der Waals surface area contributed by atoms with Crippen molar-refractivity contribution in [2.24, 2.45) is 5.92 Å². The Kier molecular flexibility index (Phi) is 3.15. The number of ketones is 1. The molecule has 1 aliphatic rings. The largest absolute Gasteiger partial charge is 0.394 e. The van der Waals surface area contributed by atoms with Crippen molar-refractivity contribution in [3.8, 4) is 0 Å². The Balaban J connectivity index is 2.29. The first-order chi connectivity index (χ1) is 8.47. The molecule has 2 rings (SSSR count). The highest BCUT2D eigenvalue weighted by molar-refractivity contribution is 5.98. The van der Waals surface area contributed by atoms with E-state index in [4.69, 9.17) is 11.2 Å². The first kappa shape index (κ1) is 10.9. The second-order valence-electron chi connectivity index (χ2n) is 3.88. The summed E-state index contributed by atoms with van der Waals surface area (Å²) in [5.74, 6) is -2.02. The molecule has 5 heteroatoms. The smallest absolute Gasteiger partial charge is 0.173 e. The predicted molar refractivity (Wildman–Crippen MR) is 58.2 cm³/mol. The van der Waals surface area contributed by atoms with Gasteiger partial charge in [0.25, 0.3) is 0 Å². The van der Waals surface area contributed by atoms with Crippen LogP contribution in [0, 0.1) is 5.92 Å². The van der Waals surface area contributed by atoms with Crippen LogP contribution in [0.3, 0.4) is 0 Å². The van der Waals surface area contributed by atoms with Crippen molar-refractivity contribution < 1.29 is 26.2 Å². The lowest BCUT2D eigenvalue weighted by Crippen LogP contribution is -2.35. The zero-order chi connectivity index (χ0) is 13.3. The van der Waals surface area contributed by atoms with Crippen LogP contribution in [0.25, 0.3) is 0 Å². The molecule has 5 nitrogen and oxygen atoms in total. The molecule has 3 N–H and O–H groups in total. The summed E-state index contributed by atoms with van der Waals surface area (Å²) < 4.78 is 12.3. The van der Waals surface area contributed by atoms with E-state index in [0.717, 1.165) is 0 Å². The van der Waals surface area contributed by atoms with E-state index in [1.807, 2.05) is 0 Å². The van der Waals surface area contributed by atoms with Crippen LogP contribution < -0.4 is 0 Å². The van der Waals surface area contributed by atoms with Gasteiger partial charge < -0.3 is 20.1 Å². The Bertz CT molecular complexity index is 433. The van der Waals surface area contributed by atoms with Gasteiger partial charge in [-0.15, -0.1) is 0 Å². The van der Waals surface area contributed by atoms with Crippen molar-refractivity contribution >= 4 is 5.78 Å². The molecule has 0 bridgehead atoms. The maximum atomic E-state index is 12.1. The molecule has 0 saturated carbocycles. The molecule has 0 amide bonds. The van der Waals surface area contributed by atoms with Crippen LogP contribution in [0.15, 0.2) is 30.3 Å². The zero-order valence-electron chi connectivity index (χ0n) is 9.98. The topological polar surface area (TPSA) is 87.0 Å². The van der Waals surface area contributed by atoms with Crippen molar-refractivity contribution in [3.63, 3.8) is 0 Å². The fraction of sp³-hybridized carbons (Fsp3) is 0.417. The van der Waals surface area contributed by atoms with E-state index in [0.29, 0.717) is 0 Å². The van der Waals surface area contributed by atoms with E-state index < -0.39 is 36.8 Å². The fourth-order valence-electron chi connectivity index (χ4n) is 1.85. The average molecular weight is 239 g/mol. The molecule has 1 fully saturated rings. The first-order valence-electron chi connectivity index (χ1n) is 5.75. The van der Waals surface area contributed by atoms with Crippen LogP contribution in [0.1, 0.15) is 11.7 Å². The van der Waals surface area contributed by atoms with E-state index in [1.54, 1.807) is 18.2 Å². The minimum atomic E-state index is -2.53. The lowest BCUT2D eigenvalue weighted by molar-refractivity contribution is -0.114. The third-order valence-corrected chi connectivity index (χ3v) is 2.78. The number of aliphatic hydroxyl groups is 3. The number of hydrogen-bond donors (Lipinski definition) is 3. The maximum absolute atomic E-state index is 12.1. The van der Waals surface area contributed by atoms with Crippen LogP contribution >= 0.6 is 0 Å². The number of ether oxygens (including phenoxy) is 1. The van der Waals surface area contributed by atoms with Crippen molar-refractivity contribution in [3.05, 3.63) is 35.9 Å². The minimum Gasteiger partial charge on any atom is -0.394 e. The van der Waals surface area contributed by atoms with Crippen LogP contribution in [0.4, 0.5) is 0 Å². The summed E-state index contributed by atoms with van der Waals surface area (Å²) in [5, 5.41) is 28.5. The van der Waals surface area contributed by atoms with Gasteiger partial charge in [-0.1, -0.05) is 30.3 Å². The van der Waals surface area contributed by atoms with E-state index in [1.165, 1.54) is 12.1 Å². The van der Waals surface area contributed by atoms with Crippen LogP contribution in [0.5, 0.6) is 0 Å². The number of benzene rings is 1. The number of carbonyl (C=O) groups excluding carboxylic acids is 1. The summed E-state index contributed by atoms with van der Waals surface area (Å²) in [6, 6.07) is 8.06. The molecular formula is C12H14O5. The fourth-order valence-corrected chi connectivity index (χ4v) is 1.85. The van der Waals surface area contributed by atoms with Crippen molar-refractivity contribution in [2.45, 2.75) is 18.5 Å². The zero-order valence-corrected chi connectivity index (χ0v) is 8.98. The van der Waals surface area contributed by atoms with Crippen LogP contribution in [-0.2, 0) is 4.74 Å². The normalized spacial score (nSPS) is 37.8. The second kappa shape index (κ2) is 4.93. The van der Waals surface area contributed by atoms with Crippen molar-refractivity contribution in [1.29, 1.82) is 0 Å². The minimum absolute atomic E-state index is 0.273. The average Bonchev–Trinajstić information content (AvgIpc) is 2.59. The molecule has 4 atom stereocenters. The lowest BCUT2D eigenvalue weighted by Gasteiger charge is -2.15. The van der Waals surface area contributed by atoms with Gasteiger partial charge in [0.2, 0.25) is 0 Å². The maximum Gasteiger partial charge on any atom is 0.173 e. The molecule has 92 valence electrons. The number of carbonyl (C=O) groups is 1. The van der Waals surface area contributed by atoms with E-state index in [9.17, 15) is 15.0 Å². The third kappa shape index (κ3) is 2.23. The molecule has 1 heterocycles. The number of aliphatic hydroxyl groups excluding tert-OH is 2. The summed E-state index contributed by atoms with van der Waals surface area (Å²) in [6.45, 7) is -0.569. The van der Waals surface area contributed by atoms with E-state index in [-0.39, 0.29) is 5.56 Å². The predicted octanol–water partition coefficient (Wildman–Crippen LogP) is -0.444. The molecule has 0 spiro atoms. The molecule has 1 saturated heterocycles. The molecule has 17 heavy (non-hydrogen) atoms. The van der Waals surface area contributed by atoms with Crippen molar-refractivity contribution in [1.82, 2.24) is 0 Å². The number of hydrogen-bond acceptors (Lipinski definition) is 5. The number of rotatable bonds is 3. The van der Waals surface area contributed by atoms with Gasteiger partial charge in [0.1, 0.15) is 12.0 Å².